The molecule has 0 saturated carbocycles. The van der Waals surface area contributed by atoms with Gasteiger partial charge in [-0.25, -0.2) is 4.68 Å². The maximum atomic E-state index is 13.4. The molecule has 0 radical (unpaired) electrons. The van der Waals surface area contributed by atoms with Crippen molar-refractivity contribution in [3.05, 3.63) is 65.0 Å². The number of aromatic nitrogens is 3. The number of ether oxygens (including phenoxy) is 1. The largest absolute Gasteiger partial charge is 0.497 e. The summed E-state index contributed by atoms with van der Waals surface area (Å²) in [5, 5.41) is 12.0. The molecule has 2 N–H and O–H groups in total. The zero-order chi connectivity index (χ0) is 22.0. The number of anilines is 1. The van der Waals surface area contributed by atoms with Crippen LogP contribution >= 0.6 is 11.8 Å². The summed E-state index contributed by atoms with van der Waals surface area (Å²) in [5.74, 6) is 1.58. The molecular weight excluding hydrogens is 410 g/mol. The molecule has 0 spiro atoms. The van der Waals surface area contributed by atoms with Crippen molar-refractivity contribution in [3.63, 3.8) is 0 Å². The van der Waals surface area contributed by atoms with Gasteiger partial charge in [-0.2, -0.15) is 0 Å². The molecule has 3 aromatic rings. The van der Waals surface area contributed by atoms with Gasteiger partial charge in [-0.3, -0.25) is 4.79 Å². The first-order chi connectivity index (χ1) is 15.0. The number of nitrogens with one attached hydrogen (secondary N) is 2. The summed E-state index contributed by atoms with van der Waals surface area (Å²) in [7, 11) is 1.64. The van der Waals surface area contributed by atoms with E-state index in [1.165, 1.54) is 11.8 Å². The maximum absolute atomic E-state index is 13.4. The van der Waals surface area contributed by atoms with Crippen LogP contribution in [0.5, 0.6) is 5.75 Å². The number of aryl methyl sites for hydroxylation is 3. The van der Waals surface area contributed by atoms with Gasteiger partial charge in [0.05, 0.1) is 13.2 Å². The number of methoxy groups -OCH3 is 1. The molecule has 1 amide bonds. The van der Waals surface area contributed by atoms with E-state index in [4.69, 9.17) is 4.74 Å². The number of carbonyl (C=O) groups is 1. The van der Waals surface area contributed by atoms with Crippen molar-refractivity contribution in [2.45, 2.75) is 50.1 Å². The van der Waals surface area contributed by atoms with Crippen LogP contribution in [0.2, 0.25) is 0 Å². The average Bonchev–Trinajstić information content (AvgIpc) is 3.14. The van der Waals surface area contributed by atoms with Crippen LogP contribution < -0.4 is 15.5 Å². The predicted molar refractivity (Wildman–Crippen MR) is 123 cm³/mol. The molecule has 0 aliphatic carbocycles. The van der Waals surface area contributed by atoms with E-state index in [0.29, 0.717) is 5.16 Å². The Balaban J connectivity index is 1.66. The van der Waals surface area contributed by atoms with Gasteiger partial charge in [0.15, 0.2) is 5.82 Å². The number of nitrogens with zero attached hydrogens (tertiary/aromatic N) is 3. The van der Waals surface area contributed by atoms with Crippen molar-refractivity contribution in [1.82, 2.24) is 14.9 Å². The number of amides is 1. The van der Waals surface area contributed by atoms with Crippen LogP contribution in [0.1, 0.15) is 41.9 Å². The van der Waals surface area contributed by atoms with Crippen LogP contribution in [0.4, 0.5) is 5.69 Å². The van der Waals surface area contributed by atoms with Crippen molar-refractivity contribution < 1.29 is 9.53 Å². The Labute approximate surface area is 186 Å². The summed E-state index contributed by atoms with van der Waals surface area (Å²) in [4.78, 5) is 13.4. The minimum Gasteiger partial charge on any atom is -0.497 e. The third-order valence-corrected chi connectivity index (χ3v) is 6.42. The third kappa shape index (κ3) is 4.54. The molecule has 162 valence electrons. The van der Waals surface area contributed by atoms with Crippen LogP contribution in [0.25, 0.3) is 0 Å². The molecule has 8 heteroatoms. The van der Waals surface area contributed by atoms with E-state index in [1.54, 1.807) is 7.11 Å². The van der Waals surface area contributed by atoms with Crippen molar-refractivity contribution >= 4 is 23.4 Å². The third-order valence-electron chi connectivity index (χ3n) is 5.20. The molecule has 2 aromatic carbocycles. The van der Waals surface area contributed by atoms with Crippen molar-refractivity contribution in [3.8, 4) is 5.75 Å². The Morgan fingerprint density at radius 2 is 1.87 bits per heavy atom. The standard InChI is InChI=1S/C23H27N5O2S/c1-5-6-19-25-26-23-28(19)27-20(16-7-9-18(30-4)10-8-16)21(31-23)22(29)24-17-12-14(2)11-15(3)13-17/h7-13,20-21,27H,5-6H2,1-4H3,(H,24,29)/t20-,21+/m0/s1. The second-order valence-electron chi connectivity index (χ2n) is 7.77. The highest BCUT2D eigenvalue weighted by Gasteiger charge is 2.37. The first-order valence-corrected chi connectivity index (χ1v) is 11.3. The number of hydrogen-bond donors (Lipinski definition) is 2. The fraction of sp³-hybridized carbons (Fsp3) is 0.348. The SMILES string of the molecule is CCCc1nnc2n1N[C@@H](c1ccc(OC)cc1)[C@H](C(=O)Nc1cc(C)cc(C)c1)S2. The van der Waals surface area contributed by atoms with Crippen LogP contribution in [0, 0.1) is 13.8 Å². The van der Waals surface area contributed by atoms with Crippen molar-refractivity contribution in [2.75, 3.05) is 17.9 Å². The summed E-state index contributed by atoms with van der Waals surface area (Å²) in [6, 6.07) is 13.6. The molecule has 4 rings (SSSR count). The lowest BCUT2D eigenvalue weighted by Crippen LogP contribution is -2.41. The Bertz CT molecular complexity index is 1060. The molecule has 1 aliphatic heterocycles. The van der Waals surface area contributed by atoms with Gasteiger partial charge in [0.25, 0.3) is 0 Å². The highest BCUT2D eigenvalue weighted by atomic mass is 32.2. The molecule has 0 unspecified atom stereocenters. The number of hydrogen-bond acceptors (Lipinski definition) is 6. The Hall–Kier alpha value is -3.00. The monoisotopic (exact) mass is 437 g/mol. The zero-order valence-corrected chi connectivity index (χ0v) is 19.0. The molecule has 2 heterocycles. The van der Waals surface area contributed by atoms with Crippen LogP contribution in [0.15, 0.2) is 47.6 Å². The summed E-state index contributed by atoms with van der Waals surface area (Å²) < 4.78 is 7.22. The fourth-order valence-corrected chi connectivity index (χ4v) is 4.90. The van der Waals surface area contributed by atoms with Crippen molar-refractivity contribution in [2.24, 2.45) is 0 Å². The van der Waals surface area contributed by atoms with E-state index in [2.05, 4.69) is 33.9 Å². The highest BCUT2D eigenvalue weighted by molar-refractivity contribution is 8.00. The van der Waals surface area contributed by atoms with E-state index in [0.717, 1.165) is 46.8 Å². The lowest BCUT2D eigenvalue weighted by molar-refractivity contribution is -0.116. The summed E-state index contributed by atoms with van der Waals surface area (Å²) in [6.45, 7) is 6.16. The summed E-state index contributed by atoms with van der Waals surface area (Å²) >= 11 is 1.44. The molecule has 31 heavy (non-hydrogen) atoms. The van der Waals surface area contributed by atoms with E-state index >= 15 is 0 Å². The number of rotatable bonds is 6. The molecule has 2 atom stereocenters. The van der Waals surface area contributed by atoms with Gasteiger partial charge in [0.2, 0.25) is 11.1 Å². The van der Waals surface area contributed by atoms with Crippen molar-refractivity contribution in [1.29, 1.82) is 0 Å². The molecule has 1 aliphatic rings. The molecule has 7 nitrogen and oxygen atoms in total. The van der Waals surface area contributed by atoms with Gasteiger partial charge in [-0.1, -0.05) is 36.9 Å². The van der Waals surface area contributed by atoms with Crippen LogP contribution in [0.3, 0.4) is 0 Å². The number of benzene rings is 2. The quantitative estimate of drug-likeness (QED) is 0.600. The van der Waals surface area contributed by atoms with E-state index < -0.39 is 5.25 Å². The summed E-state index contributed by atoms with van der Waals surface area (Å²) in [5.41, 5.74) is 7.51. The first kappa shape index (κ1) is 21.2. The second kappa shape index (κ2) is 9.01. The lowest BCUT2D eigenvalue weighted by atomic mass is 10.0. The number of thioether (sulfide) groups is 1. The summed E-state index contributed by atoms with van der Waals surface area (Å²) in [6.07, 6.45) is 1.78. The van der Waals surface area contributed by atoms with Crippen LogP contribution in [-0.4, -0.2) is 33.1 Å². The minimum atomic E-state index is -0.416. The molecular formula is C23H27N5O2S. The molecule has 1 aromatic heterocycles. The van der Waals surface area contributed by atoms with Gasteiger partial charge in [-0.15, -0.1) is 10.2 Å². The molecule has 0 fully saturated rings. The minimum absolute atomic E-state index is 0.0744. The fourth-order valence-electron chi connectivity index (χ4n) is 3.81. The van der Waals surface area contributed by atoms with Gasteiger partial charge in [0, 0.05) is 12.1 Å². The highest BCUT2D eigenvalue weighted by Crippen LogP contribution is 2.38. The van der Waals surface area contributed by atoms with E-state index in [-0.39, 0.29) is 11.9 Å². The maximum Gasteiger partial charge on any atom is 0.240 e. The van der Waals surface area contributed by atoms with E-state index in [1.807, 2.05) is 54.9 Å². The molecule has 0 bridgehead atoms. The Kier molecular flexibility index (Phi) is 6.18. The van der Waals surface area contributed by atoms with Gasteiger partial charge in [-0.05, 0) is 61.2 Å². The molecule has 0 saturated heterocycles. The normalized spacial score (nSPS) is 17.5. The van der Waals surface area contributed by atoms with Crippen LogP contribution in [-0.2, 0) is 11.2 Å². The smallest absolute Gasteiger partial charge is 0.240 e. The Morgan fingerprint density at radius 3 is 2.52 bits per heavy atom. The lowest BCUT2D eigenvalue weighted by Gasteiger charge is -2.33. The Morgan fingerprint density at radius 1 is 1.16 bits per heavy atom. The zero-order valence-electron chi connectivity index (χ0n) is 18.2. The number of carbonyl (C=O) groups excluding carboxylic acids is 1. The number of fused-ring (bicyclic) bond motifs is 1. The average molecular weight is 438 g/mol. The van der Waals surface area contributed by atoms with Gasteiger partial charge < -0.3 is 15.5 Å². The van der Waals surface area contributed by atoms with Gasteiger partial charge in [0.1, 0.15) is 11.0 Å². The topological polar surface area (TPSA) is 81.1 Å². The predicted octanol–water partition coefficient (Wildman–Crippen LogP) is 4.25. The first-order valence-electron chi connectivity index (χ1n) is 10.4. The van der Waals surface area contributed by atoms with E-state index in [9.17, 15) is 4.79 Å². The van der Waals surface area contributed by atoms with Gasteiger partial charge >= 0.3 is 0 Å². The second-order valence-corrected chi connectivity index (χ2v) is 8.88.